The molecule has 1 amide bonds. The fourth-order valence-corrected chi connectivity index (χ4v) is 3.46. The van der Waals surface area contributed by atoms with Crippen LogP contribution >= 0.6 is 0 Å². The molecule has 0 spiro atoms. The van der Waals surface area contributed by atoms with Crippen LogP contribution in [-0.4, -0.2) is 36.5 Å². The molecular weight excluding hydrogens is 266 g/mol. The van der Waals surface area contributed by atoms with Gasteiger partial charge in [0.1, 0.15) is 0 Å². The van der Waals surface area contributed by atoms with Crippen molar-refractivity contribution < 1.29 is 14.3 Å². The molecule has 0 bridgehead atoms. The molecule has 1 fully saturated rings. The van der Waals surface area contributed by atoms with E-state index in [-0.39, 0.29) is 23.8 Å². The monoisotopic (exact) mass is 287 g/mol. The van der Waals surface area contributed by atoms with E-state index in [2.05, 4.69) is 6.07 Å². The van der Waals surface area contributed by atoms with Gasteiger partial charge in [0, 0.05) is 12.6 Å². The molecule has 0 radical (unpaired) electrons. The van der Waals surface area contributed by atoms with Gasteiger partial charge in [0.25, 0.3) is 0 Å². The summed E-state index contributed by atoms with van der Waals surface area (Å²) in [7, 11) is 1.40. The highest BCUT2D eigenvalue weighted by molar-refractivity contribution is 5.87. The molecule has 0 saturated carbocycles. The van der Waals surface area contributed by atoms with Crippen LogP contribution in [0.15, 0.2) is 24.3 Å². The van der Waals surface area contributed by atoms with Gasteiger partial charge in [0.2, 0.25) is 5.91 Å². The summed E-state index contributed by atoms with van der Waals surface area (Å²) in [4.78, 5) is 26.3. The second-order valence-electron chi connectivity index (χ2n) is 5.92. The Morgan fingerprint density at radius 2 is 2.10 bits per heavy atom. The number of carbonyl (C=O) groups excluding carboxylic acids is 2. The Hall–Kier alpha value is -1.84. The first kappa shape index (κ1) is 14.1. The van der Waals surface area contributed by atoms with Gasteiger partial charge in [-0.25, -0.2) is 0 Å². The van der Waals surface area contributed by atoms with Gasteiger partial charge in [0.15, 0.2) is 0 Å². The van der Waals surface area contributed by atoms with Gasteiger partial charge in [-0.15, -0.1) is 0 Å². The first-order valence-corrected chi connectivity index (χ1v) is 7.66. The van der Waals surface area contributed by atoms with Crippen LogP contribution in [0.2, 0.25) is 0 Å². The molecule has 3 rings (SSSR count). The number of esters is 1. The summed E-state index contributed by atoms with van der Waals surface area (Å²) in [5.74, 6) is -0.0598. The molecule has 1 saturated heterocycles. The largest absolute Gasteiger partial charge is 0.469 e. The topological polar surface area (TPSA) is 46.6 Å². The standard InChI is InChI=1S/C17H21NO3/c1-21-16(19)11-13-7-4-5-9-18(13)17(20)15-10-12-6-2-3-8-14(12)15/h2-3,6,8,13,15H,4-5,7,9-11H2,1H3. The summed E-state index contributed by atoms with van der Waals surface area (Å²) in [5.41, 5.74) is 2.43. The molecule has 2 atom stereocenters. The van der Waals surface area contributed by atoms with E-state index in [0.717, 1.165) is 37.8 Å². The lowest BCUT2D eigenvalue weighted by Crippen LogP contribution is -2.48. The molecule has 2 aliphatic rings. The fraction of sp³-hybridized carbons (Fsp3) is 0.529. The number of nitrogens with zero attached hydrogens (tertiary/aromatic N) is 1. The first-order valence-electron chi connectivity index (χ1n) is 7.66. The third-order valence-corrected chi connectivity index (χ3v) is 4.69. The minimum atomic E-state index is -0.228. The lowest BCUT2D eigenvalue weighted by atomic mass is 9.76. The molecule has 112 valence electrons. The van der Waals surface area contributed by atoms with E-state index in [0.29, 0.717) is 6.42 Å². The maximum atomic E-state index is 12.8. The van der Waals surface area contributed by atoms with Gasteiger partial charge in [0.05, 0.1) is 19.4 Å². The fourth-order valence-electron chi connectivity index (χ4n) is 3.46. The Kier molecular flexibility index (Phi) is 3.95. The van der Waals surface area contributed by atoms with Gasteiger partial charge in [-0.1, -0.05) is 24.3 Å². The van der Waals surface area contributed by atoms with Crippen LogP contribution in [-0.2, 0) is 20.7 Å². The molecule has 1 aliphatic heterocycles. The highest BCUT2D eigenvalue weighted by atomic mass is 16.5. The molecular formula is C17H21NO3. The van der Waals surface area contributed by atoms with Gasteiger partial charge < -0.3 is 9.64 Å². The summed E-state index contributed by atoms with van der Waals surface area (Å²) >= 11 is 0. The number of carbonyl (C=O) groups is 2. The lowest BCUT2D eigenvalue weighted by molar-refractivity contribution is -0.145. The van der Waals surface area contributed by atoms with Crippen molar-refractivity contribution in [2.45, 2.75) is 44.1 Å². The van der Waals surface area contributed by atoms with Crippen LogP contribution in [0.4, 0.5) is 0 Å². The van der Waals surface area contributed by atoms with Gasteiger partial charge in [-0.2, -0.15) is 0 Å². The Balaban J connectivity index is 1.72. The lowest BCUT2D eigenvalue weighted by Gasteiger charge is -2.40. The van der Waals surface area contributed by atoms with Crippen molar-refractivity contribution in [1.29, 1.82) is 0 Å². The second kappa shape index (κ2) is 5.88. The van der Waals surface area contributed by atoms with Gasteiger partial charge >= 0.3 is 5.97 Å². The van der Waals surface area contributed by atoms with Crippen LogP contribution in [0.1, 0.15) is 42.7 Å². The van der Waals surface area contributed by atoms with E-state index in [1.165, 1.54) is 12.7 Å². The zero-order chi connectivity index (χ0) is 14.8. The number of methoxy groups -OCH3 is 1. The molecule has 2 unspecified atom stereocenters. The van der Waals surface area contributed by atoms with Crippen molar-refractivity contribution in [2.24, 2.45) is 0 Å². The molecule has 4 heteroatoms. The molecule has 0 N–H and O–H groups in total. The molecule has 1 aliphatic carbocycles. The van der Waals surface area contributed by atoms with Crippen LogP contribution in [0, 0.1) is 0 Å². The molecule has 0 aromatic heterocycles. The van der Waals surface area contributed by atoms with Crippen LogP contribution in [0.3, 0.4) is 0 Å². The Morgan fingerprint density at radius 1 is 1.29 bits per heavy atom. The van der Waals surface area contributed by atoms with E-state index in [1.807, 2.05) is 23.1 Å². The quantitative estimate of drug-likeness (QED) is 0.801. The average Bonchev–Trinajstić information content (AvgIpc) is 2.48. The summed E-state index contributed by atoms with van der Waals surface area (Å²) in [6.07, 6.45) is 4.15. The first-order chi connectivity index (χ1) is 10.2. The van der Waals surface area contributed by atoms with E-state index >= 15 is 0 Å². The Labute approximate surface area is 125 Å². The van der Waals surface area contributed by atoms with Crippen molar-refractivity contribution in [3.63, 3.8) is 0 Å². The molecule has 4 nitrogen and oxygen atoms in total. The van der Waals surface area contributed by atoms with Crippen molar-refractivity contribution in [2.75, 3.05) is 13.7 Å². The third kappa shape index (κ3) is 2.67. The number of benzene rings is 1. The smallest absolute Gasteiger partial charge is 0.307 e. The van der Waals surface area contributed by atoms with E-state index in [9.17, 15) is 9.59 Å². The molecule has 21 heavy (non-hydrogen) atoms. The number of rotatable bonds is 3. The molecule has 1 aromatic carbocycles. The van der Waals surface area contributed by atoms with Crippen LogP contribution in [0.25, 0.3) is 0 Å². The zero-order valence-corrected chi connectivity index (χ0v) is 12.4. The third-order valence-electron chi connectivity index (χ3n) is 4.69. The zero-order valence-electron chi connectivity index (χ0n) is 12.4. The number of likely N-dealkylation sites (tertiary alicyclic amines) is 1. The van der Waals surface area contributed by atoms with Crippen LogP contribution in [0.5, 0.6) is 0 Å². The molecule has 1 aromatic rings. The minimum absolute atomic E-state index is 0.00598. The average molecular weight is 287 g/mol. The highest BCUT2D eigenvalue weighted by Gasteiger charge is 2.38. The SMILES string of the molecule is COC(=O)CC1CCCCN1C(=O)C1Cc2ccccc21. The number of hydrogen-bond acceptors (Lipinski definition) is 3. The normalized spacial score (nSPS) is 24.0. The maximum Gasteiger partial charge on any atom is 0.307 e. The second-order valence-corrected chi connectivity index (χ2v) is 5.92. The highest BCUT2D eigenvalue weighted by Crippen LogP contribution is 2.37. The van der Waals surface area contributed by atoms with Gasteiger partial charge in [-0.05, 0) is 36.8 Å². The van der Waals surface area contributed by atoms with Crippen molar-refractivity contribution in [1.82, 2.24) is 4.90 Å². The number of fused-ring (bicyclic) bond motifs is 1. The summed E-state index contributed by atoms with van der Waals surface area (Å²) in [6.45, 7) is 0.763. The number of amides is 1. The summed E-state index contributed by atoms with van der Waals surface area (Å²) < 4.78 is 4.76. The molecule has 1 heterocycles. The predicted molar refractivity (Wildman–Crippen MR) is 78.9 cm³/mol. The summed E-state index contributed by atoms with van der Waals surface area (Å²) in [6, 6.07) is 8.13. The summed E-state index contributed by atoms with van der Waals surface area (Å²) in [5, 5.41) is 0. The van der Waals surface area contributed by atoms with Crippen molar-refractivity contribution in [3.05, 3.63) is 35.4 Å². The van der Waals surface area contributed by atoms with E-state index < -0.39 is 0 Å². The Bertz CT molecular complexity index is 555. The van der Waals surface area contributed by atoms with E-state index in [4.69, 9.17) is 4.74 Å². The van der Waals surface area contributed by atoms with Crippen LogP contribution < -0.4 is 0 Å². The Morgan fingerprint density at radius 3 is 2.86 bits per heavy atom. The van der Waals surface area contributed by atoms with Crippen molar-refractivity contribution >= 4 is 11.9 Å². The number of hydrogen-bond donors (Lipinski definition) is 0. The van der Waals surface area contributed by atoms with Crippen molar-refractivity contribution in [3.8, 4) is 0 Å². The van der Waals surface area contributed by atoms with E-state index in [1.54, 1.807) is 0 Å². The minimum Gasteiger partial charge on any atom is -0.469 e. The van der Waals surface area contributed by atoms with Gasteiger partial charge in [-0.3, -0.25) is 9.59 Å². The predicted octanol–water partition coefficient (Wildman–Crippen LogP) is 2.27. The number of piperidine rings is 1. The number of ether oxygens (including phenoxy) is 1. The maximum absolute atomic E-state index is 12.8.